The largest absolute Gasteiger partial charge is 0.464 e. The number of nitrogens with one attached hydrogen (secondary N) is 1. The topological polar surface area (TPSA) is 55.0 Å². The number of pyridine rings is 1. The van der Waals surface area contributed by atoms with E-state index in [0.29, 0.717) is 5.69 Å². The van der Waals surface area contributed by atoms with Crippen LogP contribution in [-0.4, -0.2) is 29.3 Å². The highest BCUT2D eigenvalue weighted by molar-refractivity contribution is 7.98. The maximum atomic E-state index is 11.7. The van der Waals surface area contributed by atoms with Crippen LogP contribution in [0.25, 0.3) is 11.3 Å². The molecular weight excluding hydrogens is 236 g/mol. The number of esters is 1. The zero-order valence-electron chi connectivity index (χ0n) is 9.56. The fourth-order valence-corrected chi connectivity index (χ4v) is 2.22. The molecule has 0 amide bonds. The molecule has 2 heterocycles. The molecule has 2 rings (SSSR count). The van der Waals surface area contributed by atoms with Gasteiger partial charge in [-0.05, 0) is 24.5 Å². The number of carbonyl (C=O) groups excluding carboxylic acids is 1. The Bertz CT molecular complexity index is 523. The maximum absolute atomic E-state index is 11.7. The predicted octanol–water partition coefficient (Wildman–Crippen LogP) is 2.59. The average molecular weight is 248 g/mol. The number of rotatable bonds is 3. The summed E-state index contributed by atoms with van der Waals surface area (Å²) in [5.41, 5.74) is 1.99. The Labute approximate surface area is 103 Å². The van der Waals surface area contributed by atoms with E-state index in [2.05, 4.69) is 9.97 Å². The molecular formula is C12H12N2O2S. The minimum absolute atomic E-state index is 0.335. The van der Waals surface area contributed by atoms with E-state index in [-0.39, 0.29) is 0 Å². The van der Waals surface area contributed by atoms with Crippen molar-refractivity contribution in [3.05, 3.63) is 36.3 Å². The number of carbonyl (C=O) groups is 1. The van der Waals surface area contributed by atoms with Crippen molar-refractivity contribution in [1.29, 1.82) is 0 Å². The second-order valence-electron chi connectivity index (χ2n) is 3.31. The van der Waals surface area contributed by atoms with Crippen molar-refractivity contribution >= 4 is 17.7 Å². The molecule has 0 aliphatic rings. The Hall–Kier alpha value is -1.75. The molecule has 1 N–H and O–H groups in total. The summed E-state index contributed by atoms with van der Waals surface area (Å²) < 4.78 is 4.75. The number of thioether (sulfide) groups is 1. The SMILES string of the molecule is COC(=O)c1nccc(SC)c1-c1ccc[nH]1. The molecule has 0 radical (unpaired) electrons. The molecule has 5 heteroatoms. The molecule has 2 aromatic rings. The van der Waals surface area contributed by atoms with Gasteiger partial charge in [0, 0.05) is 28.5 Å². The molecule has 0 saturated carbocycles. The molecule has 88 valence electrons. The zero-order chi connectivity index (χ0) is 12.3. The van der Waals surface area contributed by atoms with Crippen molar-refractivity contribution < 1.29 is 9.53 Å². The summed E-state index contributed by atoms with van der Waals surface area (Å²) in [5, 5.41) is 0. The molecule has 0 bridgehead atoms. The number of hydrogen-bond donors (Lipinski definition) is 1. The Morgan fingerprint density at radius 3 is 2.88 bits per heavy atom. The van der Waals surface area contributed by atoms with Crippen LogP contribution in [0.3, 0.4) is 0 Å². The lowest BCUT2D eigenvalue weighted by Gasteiger charge is -2.09. The van der Waals surface area contributed by atoms with Gasteiger partial charge >= 0.3 is 5.97 Å². The number of H-pyrrole nitrogens is 1. The van der Waals surface area contributed by atoms with Crippen LogP contribution in [0, 0.1) is 0 Å². The Balaban J connectivity index is 2.64. The summed E-state index contributed by atoms with van der Waals surface area (Å²) in [7, 11) is 1.36. The van der Waals surface area contributed by atoms with Gasteiger partial charge in [-0.1, -0.05) is 0 Å². The predicted molar refractivity (Wildman–Crippen MR) is 67.1 cm³/mol. The van der Waals surface area contributed by atoms with Crippen LogP contribution >= 0.6 is 11.8 Å². The first-order chi connectivity index (χ1) is 8.27. The first-order valence-electron chi connectivity index (χ1n) is 5.03. The highest BCUT2D eigenvalue weighted by Crippen LogP contribution is 2.31. The third-order valence-electron chi connectivity index (χ3n) is 2.38. The first kappa shape index (κ1) is 11.7. The summed E-state index contributed by atoms with van der Waals surface area (Å²) in [6.45, 7) is 0. The van der Waals surface area contributed by atoms with Crippen molar-refractivity contribution in [2.45, 2.75) is 4.90 Å². The summed E-state index contributed by atoms with van der Waals surface area (Å²) in [4.78, 5) is 19.9. The van der Waals surface area contributed by atoms with Gasteiger partial charge < -0.3 is 9.72 Å². The van der Waals surface area contributed by atoms with E-state index in [0.717, 1.165) is 16.2 Å². The molecule has 0 aliphatic heterocycles. The lowest BCUT2D eigenvalue weighted by atomic mass is 10.1. The fourth-order valence-electron chi connectivity index (χ4n) is 1.61. The standard InChI is InChI=1S/C12H12N2O2S/c1-16-12(15)11-10(8-4-3-6-13-8)9(17-2)5-7-14-11/h3-7,13H,1-2H3. The molecule has 0 aromatic carbocycles. The second kappa shape index (κ2) is 5.05. The van der Waals surface area contributed by atoms with E-state index >= 15 is 0 Å². The van der Waals surface area contributed by atoms with Crippen LogP contribution in [0.15, 0.2) is 35.5 Å². The van der Waals surface area contributed by atoms with Crippen molar-refractivity contribution in [3.8, 4) is 11.3 Å². The van der Waals surface area contributed by atoms with Gasteiger partial charge in [0.25, 0.3) is 0 Å². The van der Waals surface area contributed by atoms with E-state index in [1.807, 2.05) is 30.7 Å². The molecule has 0 unspecified atom stereocenters. The number of hydrogen-bond acceptors (Lipinski definition) is 4. The van der Waals surface area contributed by atoms with Crippen LogP contribution < -0.4 is 0 Å². The molecule has 0 atom stereocenters. The van der Waals surface area contributed by atoms with E-state index < -0.39 is 5.97 Å². The molecule has 0 saturated heterocycles. The third-order valence-corrected chi connectivity index (χ3v) is 3.16. The molecule has 0 fully saturated rings. The normalized spacial score (nSPS) is 10.2. The van der Waals surface area contributed by atoms with Gasteiger partial charge in [0.05, 0.1) is 7.11 Å². The van der Waals surface area contributed by atoms with Crippen molar-refractivity contribution in [2.75, 3.05) is 13.4 Å². The Kier molecular flexibility index (Phi) is 3.49. The molecule has 2 aromatic heterocycles. The van der Waals surface area contributed by atoms with E-state index in [1.165, 1.54) is 7.11 Å². The second-order valence-corrected chi connectivity index (χ2v) is 4.16. The van der Waals surface area contributed by atoms with Crippen molar-refractivity contribution in [1.82, 2.24) is 9.97 Å². The minimum atomic E-state index is -0.425. The number of methoxy groups -OCH3 is 1. The van der Waals surface area contributed by atoms with Crippen LogP contribution in [0.5, 0.6) is 0 Å². The number of aromatic nitrogens is 2. The summed E-state index contributed by atoms with van der Waals surface area (Å²) in [5.74, 6) is -0.425. The van der Waals surface area contributed by atoms with Crippen LogP contribution in [-0.2, 0) is 4.74 Å². The van der Waals surface area contributed by atoms with Crippen molar-refractivity contribution in [3.63, 3.8) is 0 Å². The van der Waals surface area contributed by atoms with E-state index in [9.17, 15) is 4.79 Å². The van der Waals surface area contributed by atoms with Crippen molar-refractivity contribution in [2.24, 2.45) is 0 Å². The summed E-state index contributed by atoms with van der Waals surface area (Å²) >= 11 is 1.57. The Morgan fingerprint density at radius 2 is 2.29 bits per heavy atom. The van der Waals surface area contributed by atoms with Crippen LogP contribution in [0.1, 0.15) is 10.5 Å². The number of aromatic amines is 1. The van der Waals surface area contributed by atoms with Gasteiger partial charge in [-0.15, -0.1) is 11.8 Å². The van der Waals surface area contributed by atoms with E-state index in [4.69, 9.17) is 4.74 Å². The fraction of sp³-hybridized carbons (Fsp3) is 0.167. The highest BCUT2D eigenvalue weighted by atomic mass is 32.2. The molecule has 0 aliphatic carbocycles. The Morgan fingerprint density at radius 1 is 1.47 bits per heavy atom. The number of ether oxygens (including phenoxy) is 1. The first-order valence-corrected chi connectivity index (χ1v) is 6.25. The number of nitrogens with zero attached hydrogens (tertiary/aromatic N) is 1. The molecule has 4 nitrogen and oxygen atoms in total. The van der Waals surface area contributed by atoms with E-state index in [1.54, 1.807) is 18.0 Å². The van der Waals surface area contributed by atoms with Gasteiger partial charge in [-0.25, -0.2) is 9.78 Å². The minimum Gasteiger partial charge on any atom is -0.464 e. The average Bonchev–Trinajstić information content (AvgIpc) is 2.90. The lowest BCUT2D eigenvalue weighted by molar-refractivity contribution is 0.0594. The van der Waals surface area contributed by atoms with Crippen LogP contribution in [0.2, 0.25) is 0 Å². The third kappa shape index (κ3) is 2.19. The van der Waals surface area contributed by atoms with Gasteiger partial charge in [-0.3, -0.25) is 0 Å². The maximum Gasteiger partial charge on any atom is 0.357 e. The smallest absolute Gasteiger partial charge is 0.357 e. The van der Waals surface area contributed by atoms with Gasteiger partial charge in [0.2, 0.25) is 0 Å². The van der Waals surface area contributed by atoms with Gasteiger partial charge in [0.15, 0.2) is 5.69 Å². The monoisotopic (exact) mass is 248 g/mol. The lowest BCUT2D eigenvalue weighted by Crippen LogP contribution is -2.07. The summed E-state index contributed by atoms with van der Waals surface area (Å²) in [6.07, 6.45) is 5.39. The highest BCUT2D eigenvalue weighted by Gasteiger charge is 2.18. The van der Waals surface area contributed by atoms with Crippen LogP contribution in [0.4, 0.5) is 0 Å². The zero-order valence-corrected chi connectivity index (χ0v) is 10.4. The molecule has 17 heavy (non-hydrogen) atoms. The van der Waals surface area contributed by atoms with Gasteiger partial charge in [0.1, 0.15) is 0 Å². The van der Waals surface area contributed by atoms with Gasteiger partial charge in [-0.2, -0.15) is 0 Å². The summed E-state index contributed by atoms with van der Waals surface area (Å²) in [6, 6.07) is 5.67. The quantitative estimate of drug-likeness (QED) is 0.670. The molecule has 0 spiro atoms.